The minimum atomic E-state index is -0.673. The van der Waals surface area contributed by atoms with Gasteiger partial charge in [-0.3, -0.25) is 20.2 Å². The maximum atomic E-state index is 14.0. The fourth-order valence-corrected chi connectivity index (χ4v) is 2.69. The molecule has 0 bridgehead atoms. The molecule has 7 heteroatoms. The molecule has 134 valence electrons. The number of rotatable bonds is 3. The topological polar surface area (TPSA) is 73.8 Å². The maximum absolute atomic E-state index is 14.0. The Morgan fingerprint density at radius 3 is 2.73 bits per heavy atom. The predicted molar refractivity (Wildman–Crippen MR) is 97.6 cm³/mol. The molecule has 0 saturated heterocycles. The highest BCUT2D eigenvalue weighted by molar-refractivity contribution is 6.10. The Balaban J connectivity index is 1.82. The van der Waals surface area contributed by atoms with E-state index in [1.807, 2.05) is 25.1 Å². The van der Waals surface area contributed by atoms with Crippen molar-refractivity contribution in [1.29, 1.82) is 0 Å². The lowest BCUT2D eigenvalue weighted by Gasteiger charge is -2.22. The van der Waals surface area contributed by atoms with Gasteiger partial charge in [0.15, 0.2) is 0 Å². The zero-order chi connectivity index (χ0) is 18.7. The lowest BCUT2D eigenvalue weighted by atomic mass is 10.0. The van der Waals surface area contributed by atoms with E-state index in [0.717, 1.165) is 5.69 Å². The van der Waals surface area contributed by atoms with E-state index in [4.69, 9.17) is 0 Å². The Hall–Kier alpha value is -3.22. The fourth-order valence-electron chi connectivity index (χ4n) is 2.69. The van der Waals surface area contributed by atoms with Gasteiger partial charge in [0.25, 0.3) is 5.91 Å². The molecule has 26 heavy (non-hydrogen) atoms. The number of amides is 2. The van der Waals surface area contributed by atoms with Crippen molar-refractivity contribution in [2.24, 2.45) is 4.99 Å². The van der Waals surface area contributed by atoms with Gasteiger partial charge >= 0.3 is 0 Å². The van der Waals surface area contributed by atoms with Crippen molar-refractivity contribution in [3.63, 3.8) is 0 Å². The fraction of sp³-hybridized carbons (Fsp3) is 0.211. The third-order valence-corrected chi connectivity index (χ3v) is 4.04. The average molecular weight is 354 g/mol. The minimum absolute atomic E-state index is 0.0229. The lowest BCUT2D eigenvalue weighted by Crippen LogP contribution is -2.47. The number of benzene rings is 2. The van der Waals surface area contributed by atoms with Crippen molar-refractivity contribution in [2.75, 3.05) is 19.0 Å². The molecule has 3 rings (SSSR count). The van der Waals surface area contributed by atoms with Gasteiger partial charge in [-0.15, -0.1) is 0 Å². The summed E-state index contributed by atoms with van der Waals surface area (Å²) in [5.74, 6) is -1.14. The van der Waals surface area contributed by atoms with Crippen LogP contribution in [0.3, 0.4) is 0 Å². The summed E-state index contributed by atoms with van der Waals surface area (Å²) in [6, 6.07) is 12.5. The molecule has 1 aliphatic rings. The third-order valence-electron chi connectivity index (χ3n) is 4.04. The van der Waals surface area contributed by atoms with E-state index in [1.165, 1.54) is 6.07 Å². The molecule has 2 aromatic rings. The van der Waals surface area contributed by atoms with Gasteiger partial charge in [-0.25, -0.2) is 9.38 Å². The number of carbonyl (C=O) groups is 2. The Labute approximate surface area is 150 Å². The van der Waals surface area contributed by atoms with Gasteiger partial charge in [0, 0.05) is 30.9 Å². The summed E-state index contributed by atoms with van der Waals surface area (Å²) in [5, 5.41) is 5.11. The largest absolute Gasteiger partial charge is 0.378 e. The summed E-state index contributed by atoms with van der Waals surface area (Å²) < 4.78 is 14.0. The van der Waals surface area contributed by atoms with Crippen LogP contribution in [0.25, 0.3) is 0 Å². The summed E-state index contributed by atoms with van der Waals surface area (Å²) in [5.41, 5.74) is 1.63. The van der Waals surface area contributed by atoms with Crippen LogP contribution in [-0.2, 0) is 4.79 Å². The molecule has 2 N–H and O–H groups in total. The van der Waals surface area contributed by atoms with Crippen molar-refractivity contribution >= 4 is 23.5 Å². The summed E-state index contributed by atoms with van der Waals surface area (Å²) in [7, 11) is 3.75. The molecule has 0 unspecified atom stereocenters. The Morgan fingerprint density at radius 2 is 2.00 bits per heavy atom. The number of guanidine groups is 1. The molecule has 1 atom stereocenters. The summed E-state index contributed by atoms with van der Waals surface area (Å²) >= 11 is 0. The number of nitrogens with one attached hydrogen (secondary N) is 2. The first-order valence-corrected chi connectivity index (χ1v) is 8.15. The van der Waals surface area contributed by atoms with Gasteiger partial charge in [0.1, 0.15) is 5.82 Å². The first kappa shape index (κ1) is 17.6. The standard InChI is InChI=1S/C19H19FN4O2/c1-24(2)13-7-5-6-12(10-13)18(26)23-19-21-16(11-17(25)22-19)14-8-3-4-9-15(14)20/h3-10,16H,11H2,1-2H3,(H2,21,22,23,25,26)/t16-/m1/s1. The van der Waals surface area contributed by atoms with E-state index in [2.05, 4.69) is 15.6 Å². The third kappa shape index (κ3) is 3.88. The molecule has 0 spiro atoms. The van der Waals surface area contributed by atoms with Crippen LogP contribution in [0.1, 0.15) is 28.4 Å². The van der Waals surface area contributed by atoms with Crippen molar-refractivity contribution < 1.29 is 14.0 Å². The molecule has 6 nitrogen and oxygen atoms in total. The van der Waals surface area contributed by atoms with Crippen LogP contribution in [0.4, 0.5) is 10.1 Å². The molecule has 0 aliphatic carbocycles. The smallest absolute Gasteiger partial charge is 0.258 e. The van der Waals surface area contributed by atoms with E-state index < -0.39 is 17.8 Å². The van der Waals surface area contributed by atoms with E-state index in [0.29, 0.717) is 11.1 Å². The molecule has 0 fully saturated rings. The number of hydrogen-bond donors (Lipinski definition) is 2. The van der Waals surface area contributed by atoms with Crippen molar-refractivity contribution in [1.82, 2.24) is 10.6 Å². The number of aliphatic imine (C=N–C) groups is 1. The quantitative estimate of drug-likeness (QED) is 0.888. The van der Waals surface area contributed by atoms with Gasteiger partial charge in [0.05, 0.1) is 12.5 Å². The molecule has 2 amide bonds. The molecule has 0 aromatic heterocycles. The van der Waals surface area contributed by atoms with E-state index in [1.54, 1.807) is 36.4 Å². The van der Waals surface area contributed by atoms with Crippen molar-refractivity contribution in [3.8, 4) is 0 Å². The monoisotopic (exact) mass is 354 g/mol. The van der Waals surface area contributed by atoms with Crippen LogP contribution in [0, 0.1) is 5.82 Å². The highest BCUT2D eigenvalue weighted by Crippen LogP contribution is 2.25. The summed E-state index contributed by atoms with van der Waals surface area (Å²) in [6.07, 6.45) is 0.0242. The van der Waals surface area contributed by atoms with Gasteiger partial charge in [0.2, 0.25) is 11.9 Å². The Morgan fingerprint density at radius 1 is 1.23 bits per heavy atom. The molecule has 1 aliphatic heterocycles. The summed E-state index contributed by atoms with van der Waals surface area (Å²) in [4.78, 5) is 30.6. The zero-order valence-corrected chi connectivity index (χ0v) is 14.5. The normalized spacial score (nSPS) is 16.5. The Bertz CT molecular complexity index is 879. The highest BCUT2D eigenvalue weighted by atomic mass is 19.1. The lowest BCUT2D eigenvalue weighted by molar-refractivity contribution is -0.120. The maximum Gasteiger partial charge on any atom is 0.258 e. The van der Waals surface area contributed by atoms with Crippen LogP contribution in [-0.4, -0.2) is 31.9 Å². The molecule has 0 saturated carbocycles. The second-order valence-corrected chi connectivity index (χ2v) is 6.17. The van der Waals surface area contributed by atoms with Crippen LogP contribution >= 0.6 is 0 Å². The SMILES string of the molecule is CN(C)c1cccc(C(=O)NC2=N[C@@H](c3ccccc3F)CC(=O)N2)c1. The second-order valence-electron chi connectivity index (χ2n) is 6.17. The molecule has 1 heterocycles. The van der Waals surface area contributed by atoms with E-state index >= 15 is 0 Å². The molecular formula is C19H19FN4O2. The van der Waals surface area contributed by atoms with E-state index in [-0.39, 0.29) is 18.3 Å². The van der Waals surface area contributed by atoms with Crippen LogP contribution in [0.5, 0.6) is 0 Å². The molecule has 2 aromatic carbocycles. The number of carbonyl (C=O) groups excluding carboxylic acids is 2. The van der Waals surface area contributed by atoms with Crippen LogP contribution < -0.4 is 15.5 Å². The predicted octanol–water partition coefficient (Wildman–Crippen LogP) is 2.24. The molecular weight excluding hydrogens is 335 g/mol. The van der Waals surface area contributed by atoms with E-state index in [9.17, 15) is 14.0 Å². The second kappa shape index (κ2) is 7.35. The van der Waals surface area contributed by atoms with Gasteiger partial charge in [-0.1, -0.05) is 24.3 Å². The van der Waals surface area contributed by atoms with Crippen LogP contribution in [0.2, 0.25) is 0 Å². The van der Waals surface area contributed by atoms with Gasteiger partial charge in [-0.05, 0) is 24.3 Å². The summed E-state index contributed by atoms with van der Waals surface area (Å²) in [6.45, 7) is 0. The van der Waals surface area contributed by atoms with Crippen molar-refractivity contribution in [3.05, 3.63) is 65.5 Å². The van der Waals surface area contributed by atoms with Crippen molar-refractivity contribution in [2.45, 2.75) is 12.5 Å². The van der Waals surface area contributed by atoms with Crippen LogP contribution in [0.15, 0.2) is 53.5 Å². The number of halogens is 1. The van der Waals surface area contributed by atoms with Gasteiger partial charge in [-0.2, -0.15) is 0 Å². The number of hydrogen-bond acceptors (Lipinski definition) is 4. The van der Waals surface area contributed by atoms with Gasteiger partial charge < -0.3 is 4.90 Å². The average Bonchev–Trinajstić information content (AvgIpc) is 2.61. The molecule has 0 radical (unpaired) electrons. The first-order valence-electron chi connectivity index (χ1n) is 8.15. The highest BCUT2D eigenvalue weighted by Gasteiger charge is 2.25. The number of anilines is 1. The zero-order valence-electron chi connectivity index (χ0n) is 14.5. The minimum Gasteiger partial charge on any atom is -0.378 e. The number of nitrogens with zero attached hydrogens (tertiary/aromatic N) is 2. The first-order chi connectivity index (χ1) is 12.4. The Kier molecular flexibility index (Phi) is 4.97.